The van der Waals surface area contributed by atoms with Gasteiger partial charge in [-0.05, 0) is 37.3 Å². The van der Waals surface area contributed by atoms with Gasteiger partial charge in [-0.2, -0.15) is 0 Å². The van der Waals surface area contributed by atoms with Crippen molar-refractivity contribution >= 4 is 29.4 Å². The van der Waals surface area contributed by atoms with Crippen LogP contribution in [0.2, 0.25) is 5.02 Å². The van der Waals surface area contributed by atoms with Crippen LogP contribution in [0.3, 0.4) is 0 Å². The van der Waals surface area contributed by atoms with E-state index >= 15 is 0 Å². The topological polar surface area (TPSA) is 84.5 Å². The lowest BCUT2D eigenvalue weighted by atomic mass is 10.2. The highest BCUT2D eigenvalue weighted by Crippen LogP contribution is 2.09. The molecule has 1 atom stereocenters. The molecule has 0 fully saturated rings. The first-order chi connectivity index (χ1) is 12.9. The molecular formula is C19H18ClFN2O4. The number of ether oxygens (including phenoxy) is 1. The van der Waals surface area contributed by atoms with Crippen molar-refractivity contribution in [2.75, 3.05) is 6.61 Å². The average Bonchev–Trinajstić information content (AvgIpc) is 2.65. The maximum Gasteiger partial charge on any atom is 0.328 e. The van der Waals surface area contributed by atoms with E-state index in [-0.39, 0.29) is 6.54 Å². The first kappa shape index (κ1) is 20.4. The van der Waals surface area contributed by atoms with Crippen molar-refractivity contribution in [3.63, 3.8) is 0 Å². The standard InChI is InChI=1S/C19H18ClFN2O4/c1-12(23-18(25)13-6-8-15(20)9-7-13)19(26)27-11-17(24)22-10-14-4-2-3-5-16(14)21/h2-9,12H,10-11H2,1H3,(H,22,24)(H,23,25)/t12-/m0/s1. The van der Waals surface area contributed by atoms with Crippen LogP contribution in [0.25, 0.3) is 0 Å². The van der Waals surface area contributed by atoms with Crippen LogP contribution in [0, 0.1) is 5.82 Å². The molecule has 0 aromatic heterocycles. The van der Waals surface area contributed by atoms with Gasteiger partial charge in [0.2, 0.25) is 0 Å². The maximum absolute atomic E-state index is 13.5. The Morgan fingerprint density at radius 3 is 2.44 bits per heavy atom. The molecule has 2 aromatic rings. The van der Waals surface area contributed by atoms with Gasteiger partial charge in [0.1, 0.15) is 11.9 Å². The van der Waals surface area contributed by atoms with Crippen LogP contribution in [0.15, 0.2) is 48.5 Å². The summed E-state index contributed by atoms with van der Waals surface area (Å²) in [7, 11) is 0. The van der Waals surface area contributed by atoms with Crippen LogP contribution in [-0.2, 0) is 20.9 Å². The second kappa shape index (κ2) is 9.68. The average molecular weight is 393 g/mol. The second-order valence-electron chi connectivity index (χ2n) is 5.68. The monoisotopic (exact) mass is 392 g/mol. The summed E-state index contributed by atoms with van der Waals surface area (Å²) in [6.07, 6.45) is 0. The summed E-state index contributed by atoms with van der Waals surface area (Å²) in [6.45, 7) is 0.883. The summed E-state index contributed by atoms with van der Waals surface area (Å²) in [5.41, 5.74) is 0.655. The van der Waals surface area contributed by atoms with Gasteiger partial charge in [0, 0.05) is 22.7 Å². The summed E-state index contributed by atoms with van der Waals surface area (Å²) in [5, 5.41) is 5.40. The normalized spacial score (nSPS) is 11.4. The van der Waals surface area contributed by atoms with Crippen LogP contribution in [0.1, 0.15) is 22.8 Å². The van der Waals surface area contributed by atoms with Crippen LogP contribution < -0.4 is 10.6 Å². The largest absolute Gasteiger partial charge is 0.454 e. The quantitative estimate of drug-likeness (QED) is 0.709. The number of rotatable bonds is 7. The summed E-state index contributed by atoms with van der Waals surface area (Å²) in [4.78, 5) is 35.6. The molecule has 2 N–H and O–H groups in total. The molecule has 0 spiro atoms. The van der Waals surface area contributed by atoms with Crippen molar-refractivity contribution < 1.29 is 23.5 Å². The predicted octanol–water partition coefficient (Wildman–Crippen LogP) is 2.46. The van der Waals surface area contributed by atoms with E-state index in [0.717, 1.165) is 0 Å². The smallest absolute Gasteiger partial charge is 0.328 e. The molecule has 0 saturated heterocycles. The molecule has 142 valence electrons. The Bertz CT molecular complexity index is 827. The zero-order valence-corrected chi connectivity index (χ0v) is 15.3. The molecule has 2 amide bonds. The zero-order valence-electron chi connectivity index (χ0n) is 14.5. The number of carbonyl (C=O) groups is 3. The van der Waals surface area contributed by atoms with Gasteiger partial charge < -0.3 is 15.4 Å². The summed E-state index contributed by atoms with van der Waals surface area (Å²) >= 11 is 5.75. The Hall–Kier alpha value is -2.93. The van der Waals surface area contributed by atoms with E-state index in [2.05, 4.69) is 10.6 Å². The van der Waals surface area contributed by atoms with E-state index < -0.39 is 36.2 Å². The highest BCUT2D eigenvalue weighted by molar-refractivity contribution is 6.30. The number of amides is 2. The van der Waals surface area contributed by atoms with E-state index in [1.807, 2.05) is 0 Å². The van der Waals surface area contributed by atoms with Crippen LogP contribution in [0.5, 0.6) is 0 Å². The van der Waals surface area contributed by atoms with Gasteiger partial charge in [0.05, 0.1) is 0 Å². The third kappa shape index (κ3) is 6.38. The minimum atomic E-state index is -0.951. The van der Waals surface area contributed by atoms with Gasteiger partial charge in [-0.1, -0.05) is 29.8 Å². The Kier molecular flexibility index (Phi) is 7.31. The lowest BCUT2D eigenvalue weighted by Crippen LogP contribution is -2.41. The Balaban J connectivity index is 1.75. The van der Waals surface area contributed by atoms with Crippen molar-refractivity contribution in [1.82, 2.24) is 10.6 Å². The van der Waals surface area contributed by atoms with E-state index in [9.17, 15) is 18.8 Å². The second-order valence-corrected chi connectivity index (χ2v) is 6.11. The van der Waals surface area contributed by atoms with Gasteiger partial charge in [-0.15, -0.1) is 0 Å². The summed E-state index contributed by atoms with van der Waals surface area (Å²) < 4.78 is 18.3. The fourth-order valence-electron chi connectivity index (χ4n) is 2.09. The Morgan fingerprint density at radius 2 is 1.78 bits per heavy atom. The number of halogens is 2. The van der Waals surface area contributed by atoms with Gasteiger partial charge in [-0.25, -0.2) is 9.18 Å². The number of nitrogens with one attached hydrogen (secondary N) is 2. The molecule has 0 radical (unpaired) electrons. The third-order valence-electron chi connectivity index (χ3n) is 3.59. The van der Waals surface area contributed by atoms with Gasteiger partial charge in [0.25, 0.3) is 11.8 Å². The molecule has 0 aliphatic carbocycles. The maximum atomic E-state index is 13.5. The number of benzene rings is 2. The van der Waals surface area contributed by atoms with Crippen LogP contribution in [0.4, 0.5) is 4.39 Å². The first-order valence-corrected chi connectivity index (χ1v) is 8.48. The van der Waals surface area contributed by atoms with Crippen molar-refractivity contribution in [3.05, 3.63) is 70.5 Å². The van der Waals surface area contributed by atoms with E-state index in [1.165, 1.54) is 31.2 Å². The van der Waals surface area contributed by atoms with Gasteiger partial charge >= 0.3 is 5.97 Å². The van der Waals surface area contributed by atoms with E-state index in [1.54, 1.807) is 24.3 Å². The lowest BCUT2D eigenvalue weighted by Gasteiger charge is -2.13. The van der Waals surface area contributed by atoms with E-state index in [4.69, 9.17) is 16.3 Å². The van der Waals surface area contributed by atoms with Gasteiger partial charge in [0.15, 0.2) is 6.61 Å². The third-order valence-corrected chi connectivity index (χ3v) is 3.84. The minimum absolute atomic E-state index is 0.0219. The molecular weight excluding hydrogens is 375 g/mol. The number of carbonyl (C=O) groups excluding carboxylic acids is 3. The molecule has 0 unspecified atom stereocenters. The molecule has 0 bridgehead atoms. The molecule has 2 aromatic carbocycles. The zero-order chi connectivity index (χ0) is 19.8. The number of hydrogen-bond acceptors (Lipinski definition) is 4. The molecule has 6 nitrogen and oxygen atoms in total. The van der Waals surface area contributed by atoms with Crippen LogP contribution in [-0.4, -0.2) is 30.4 Å². The molecule has 27 heavy (non-hydrogen) atoms. The highest BCUT2D eigenvalue weighted by atomic mass is 35.5. The summed E-state index contributed by atoms with van der Waals surface area (Å²) in [5.74, 6) is -2.25. The first-order valence-electron chi connectivity index (χ1n) is 8.10. The van der Waals surface area contributed by atoms with Gasteiger partial charge in [-0.3, -0.25) is 9.59 Å². The summed E-state index contributed by atoms with van der Waals surface area (Å²) in [6, 6.07) is 11.2. The van der Waals surface area contributed by atoms with Crippen molar-refractivity contribution in [2.45, 2.75) is 19.5 Å². The Labute approximate surface area is 160 Å². The lowest BCUT2D eigenvalue weighted by molar-refractivity contribution is -0.150. The highest BCUT2D eigenvalue weighted by Gasteiger charge is 2.19. The van der Waals surface area contributed by atoms with Crippen molar-refractivity contribution in [3.8, 4) is 0 Å². The van der Waals surface area contributed by atoms with Crippen molar-refractivity contribution in [2.24, 2.45) is 0 Å². The Morgan fingerprint density at radius 1 is 1.11 bits per heavy atom. The molecule has 2 rings (SSSR count). The fraction of sp³-hybridized carbons (Fsp3) is 0.211. The molecule has 8 heteroatoms. The predicted molar refractivity (Wildman–Crippen MR) is 97.6 cm³/mol. The molecule has 0 aliphatic rings. The fourth-order valence-corrected chi connectivity index (χ4v) is 2.21. The van der Waals surface area contributed by atoms with Crippen LogP contribution >= 0.6 is 11.6 Å². The van der Waals surface area contributed by atoms with Crippen molar-refractivity contribution in [1.29, 1.82) is 0 Å². The molecule has 0 heterocycles. The minimum Gasteiger partial charge on any atom is -0.454 e. The molecule has 0 aliphatic heterocycles. The molecule has 0 saturated carbocycles. The van der Waals surface area contributed by atoms with E-state index in [0.29, 0.717) is 16.1 Å². The number of hydrogen-bond donors (Lipinski definition) is 2. The SMILES string of the molecule is C[C@H](NC(=O)c1ccc(Cl)cc1)C(=O)OCC(=O)NCc1ccccc1F. The number of esters is 1.